The summed E-state index contributed by atoms with van der Waals surface area (Å²) in [7, 11) is 0. The molecule has 2 aromatic carbocycles. The van der Waals surface area contributed by atoms with Crippen molar-refractivity contribution in [1.82, 2.24) is 41.4 Å². The van der Waals surface area contributed by atoms with E-state index in [4.69, 9.17) is 5.73 Å². The maximum absolute atomic E-state index is 15.4. The van der Waals surface area contributed by atoms with Crippen molar-refractivity contribution >= 4 is 59.0 Å². The predicted octanol–water partition coefficient (Wildman–Crippen LogP) is 1.59. The molecule has 0 aliphatic rings. The summed E-state index contributed by atoms with van der Waals surface area (Å²) < 4.78 is 31.8. The van der Waals surface area contributed by atoms with E-state index in [-0.39, 0.29) is 61.5 Å². The Morgan fingerprint density at radius 3 is 1.95 bits per heavy atom. The lowest BCUT2D eigenvalue weighted by molar-refractivity contribution is -0.142. The highest BCUT2D eigenvalue weighted by atomic mass is 19.1. The van der Waals surface area contributed by atoms with Gasteiger partial charge in [0.2, 0.25) is 47.3 Å². The molecule has 1 heterocycles. The summed E-state index contributed by atoms with van der Waals surface area (Å²) in [6, 6.07) is 4.98. The first-order valence-electron chi connectivity index (χ1n) is 26.3. The van der Waals surface area contributed by atoms with Crippen LogP contribution in [0.15, 0.2) is 60.8 Å². The molecule has 80 heavy (non-hydrogen) atoms. The SMILES string of the molecule is CCC(C)C(=O)CCCC(=O)N[C@@H](C)C(=O)N[C@H](C)C(=O)N[C@@H](CC(N)=O)C(=O)N[C@@H](CCN(C(=O)CO)[C@@H](c1cc(-c2cc(F)ccc2F)cn1Cc1ccccc1)C(C)(C)C)C(=O)NCCC(=O)N[C@H](CCC(O)O)C(=O)O. The van der Waals surface area contributed by atoms with Crippen LogP contribution in [0.3, 0.4) is 0 Å². The minimum Gasteiger partial charge on any atom is -0.480 e. The lowest BCUT2D eigenvalue weighted by atomic mass is 9.82. The van der Waals surface area contributed by atoms with Crippen LogP contribution in [0.5, 0.6) is 0 Å². The van der Waals surface area contributed by atoms with Gasteiger partial charge in [0.05, 0.1) is 12.5 Å². The molecule has 3 rings (SSSR count). The molecular formula is C55H77F2N9O14. The predicted molar refractivity (Wildman–Crippen MR) is 287 cm³/mol. The number of nitrogens with two attached hydrogens (primary N) is 1. The van der Waals surface area contributed by atoms with Gasteiger partial charge in [0.15, 0.2) is 6.29 Å². The molecule has 0 bridgehead atoms. The van der Waals surface area contributed by atoms with Crippen LogP contribution >= 0.6 is 0 Å². The number of nitrogens with one attached hydrogen (secondary N) is 6. The largest absolute Gasteiger partial charge is 0.480 e. The quantitative estimate of drug-likeness (QED) is 0.0386. The lowest BCUT2D eigenvalue weighted by Gasteiger charge is -2.41. The van der Waals surface area contributed by atoms with Crippen molar-refractivity contribution in [2.75, 3.05) is 19.7 Å². The number of carbonyl (C=O) groups excluding carboxylic acids is 9. The molecule has 25 heteroatoms. The molecule has 8 amide bonds. The van der Waals surface area contributed by atoms with Gasteiger partial charge < -0.3 is 67.5 Å². The van der Waals surface area contributed by atoms with Gasteiger partial charge in [0.1, 0.15) is 54.2 Å². The van der Waals surface area contributed by atoms with Crippen molar-refractivity contribution in [3.8, 4) is 11.1 Å². The fourth-order valence-electron chi connectivity index (χ4n) is 8.56. The first-order valence-corrected chi connectivity index (χ1v) is 26.3. The second-order valence-corrected chi connectivity index (χ2v) is 20.7. The van der Waals surface area contributed by atoms with Gasteiger partial charge in [0.25, 0.3) is 0 Å². The fourth-order valence-corrected chi connectivity index (χ4v) is 8.56. The summed E-state index contributed by atoms with van der Waals surface area (Å²) >= 11 is 0. The van der Waals surface area contributed by atoms with E-state index < -0.39 is 152 Å². The standard InChI is InChI=1S/C55H77F2N9O14/c1-8-31(2)43(68)15-12-16-45(70)60-32(3)50(75)61-33(4)51(76)64-41(27-44(58)69)53(78)63-39(52(77)59-23-21-46(71)62-40(54(79)80)19-20-48(73)74)22-24-66(47(72)30-67)49(55(5,6)7)42-25-35(37-26-36(56)17-18-38(37)57)29-65(42)28-34-13-10-9-11-14-34/h9-11,13-14,17-18,25-26,29,31-33,39-41,48-49,67,73-74H,8,12,15-16,19-24,27-28,30H2,1-7H3,(H2,58,69)(H,59,77)(H,60,70)(H,61,75)(H,62,71)(H,63,78)(H,64,76)(H,79,80)/t31?,32-,33+,39-,40+,41-,49-/m0/s1. The Labute approximate surface area is 463 Å². The molecule has 1 unspecified atom stereocenters. The van der Waals surface area contributed by atoms with Gasteiger partial charge in [0, 0.05) is 74.3 Å². The minimum atomic E-state index is -1.85. The summed E-state index contributed by atoms with van der Waals surface area (Å²) in [5.41, 5.74) is 5.88. The fraction of sp³-hybridized carbons (Fsp3) is 0.527. The topological polar surface area (TPSA) is 358 Å². The first-order chi connectivity index (χ1) is 37.6. The molecule has 440 valence electrons. The molecule has 0 saturated heterocycles. The number of benzene rings is 2. The monoisotopic (exact) mass is 1130 g/mol. The lowest BCUT2D eigenvalue weighted by Crippen LogP contribution is -2.58. The van der Waals surface area contributed by atoms with Crippen molar-refractivity contribution in [2.45, 2.75) is 155 Å². The molecule has 3 aromatic rings. The Morgan fingerprint density at radius 2 is 1.35 bits per heavy atom. The highest BCUT2D eigenvalue weighted by Crippen LogP contribution is 2.41. The number of ketones is 1. The summed E-state index contributed by atoms with van der Waals surface area (Å²) in [5, 5.41) is 52.8. The molecule has 0 fully saturated rings. The van der Waals surface area contributed by atoms with Gasteiger partial charge in [-0.3, -0.25) is 43.2 Å². The third-order valence-corrected chi connectivity index (χ3v) is 13.1. The van der Waals surface area contributed by atoms with Crippen LogP contribution in [-0.2, 0) is 54.5 Å². The number of hydrogen-bond acceptors (Lipinski definition) is 13. The molecule has 1 aromatic heterocycles. The van der Waals surface area contributed by atoms with E-state index >= 15 is 4.39 Å². The highest BCUT2D eigenvalue weighted by Gasteiger charge is 2.39. The molecule has 0 aliphatic carbocycles. The van der Waals surface area contributed by atoms with Crippen molar-refractivity contribution in [3.63, 3.8) is 0 Å². The molecule has 0 saturated carbocycles. The van der Waals surface area contributed by atoms with Crippen LogP contribution in [0.2, 0.25) is 0 Å². The average molecular weight is 1130 g/mol. The van der Waals surface area contributed by atoms with E-state index in [9.17, 15) is 72.8 Å². The number of carboxylic acids is 1. The van der Waals surface area contributed by atoms with Gasteiger partial charge in [-0.25, -0.2) is 13.6 Å². The van der Waals surface area contributed by atoms with Gasteiger partial charge in [-0.1, -0.05) is 65.0 Å². The molecule has 0 radical (unpaired) electrons. The first kappa shape index (κ1) is 66.6. The molecule has 0 spiro atoms. The molecule has 0 aliphatic heterocycles. The number of halogens is 2. The zero-order valence-corrected chi connectivity index (χ0v) is 46.2. The summed E-state index contributed by atoms with van der Waals surface area (Å²) in [6.45, 7) is 9.78. The van der Waals surface area contributed by atoms with E-state index in [2.05, 4.69) is 31.9 Å². The van der Waals surface area contributed by atoms with E-state index in [1.54, 1.807) is 62.7 Å². The van der Waals surface area contributed by atoms with Crippen molar-refractivity contribution < 1.29 is 77.2 Å². The van der Waals surface area contributed by atoms with Crippen LogP contribution < -0.4 is 37.6 Å². The maximum atomic E-state index is 15.4. The van der Waals surface area contributed by atoms with E-state index in [0.717, 1.165) is 23.8 Å². The van der Waals surface area contributed by atoms with Crippen LogP contribution in [0.1, 0.15) is 124 Å². The third-order valence-electron chi connectivity index (χ3n) is 13.1. The Kier molecular flexibility index (Phi) is 26.5. The average Bonchev–Trinajstić information content (AvgIpc) is 3.81. The van der Waals surface area contributed by atoms with Crippen molar-refractivity contribution in [2.24, 2.45) is 17.1 Å². The zero-order chi connectivity index (χ0) is 60.0. The smallest absolute Gasteiger partial charge is 0.326 e. The highest BCUT2D eigenvalue weighted by molar-refractivity contribution is 5.97. The Morgan fingerprint density at radius 1 is 0.725 bits per heavy atom. The molecule has 12 N–H and O–H groups in total. The van der Waals surface area contributed by atoms with Crippen LogP contribution in [-0.4, -0.2) is 145 Å². The Balaban J connectivity index is 1.99. The van der Waals surface area contributed by atoms with Crippen molar-refractivity contribution in [3.05, 3.63) is 83.7 Å². The number of aliphatic carboxylic acids is 1. The minimum absolute atomic E-state index is 0.00550. The van der Waals surface area contributed by atoms with E-state index in [1.807, 2.05) is 19.1 Å². The number of rotatable bonds is 33. The number of amides is 8. The zero-order valence-electron chi connectivity index (χ0n) is 46.2. The number of hydrogen-bond donors (Lipinski definition) is 11. The molecular weight excluding hydrogens is 1050 g/mol. The Hall–Kier alpha value is -7.64. The summed E-state index contributed by atoms with van der Waals surface area (Å²) in [5.74, 6) is -10.4. The van der Waals surface area contributed by atoms with Gasteiger partial charge in [-0.15, -0.1) is 0 Å². The second kappa shape index (κ2) is 31.8. The van der Waals surface area contributed by atoms with Gasteiger partial charge in [-0.05, 0) is 74.8 Å². The number of carboxylic acid groups (broad SMARTS) is 1. The summed E-state index contributed by atoms with van der Waals surface area (Å²) in [6.07, 6.45) is -1.82. The van der Waals surface area contributed by atoms with E-state index in [0.29, 0.717) is 12.1 Å². The van der Waals surface area contributed by atoms with Crippen LogP contribution in [0.25, 0.3) is 11.1 Å². The van der Waals surface area contributed by atoms with Crippen LogP contribution in [0, 0.1) is 23.0 Å². The number of aliphatic hydroxyl groups excluding tert-OH is 2. The normalized spacial score (nSPS) is 14.0. The van der Waals surface area contributed by atoms with E-state index in [1.165, 1.54) is 18.7 Å². The Bertz CT molecular complexity index is 2640. The number of Topliss-reactive ketones (excluding diaryl/α,β-unsaturated/α-hetero) is 1. The van der Waals surface area contributed by atoms with Gasteiger partial charge in [-0.2, -0.15) is 0 Å². The number of aliphatic hydroxyl groups is 3. The third kappa shape index (κ3) is 21.5. The number of aromatic nitrogens is 1. The molecule has 23 nitrogen and oxygen atoms in total. The number of nitrogens with zero attached hydrogens (tertiary/aromatic N) is 2. The molecule has 7 atom stereocenters. The van der Waals surface area contributed by atoms with Gasteiger partial charge >= 0.3 is 5.97 Å². The second-order valence-electron chi connectivity index (χ2n) is 20.7. The number of primary amides is 1. The maximum Gasteiger partial charge on any atom is 0.326 e. The summed E-state index contributed by atoms with van der Waals surface area (Å²) in [4.78, 5) is 132. The number of carbonyl (C=O) groups is 10. The van der Waals surface area contributed by atoms with Crippen LogP contribution in [0.4, 0.5) is 8.78 Å². The van der Waals surface area contributed by atoms with Crippen molar-refractivity contribution in [1.29, 1.82) is 0 Å².